The number of hydrogen-bond donors (Lipinski definition) is 4. The van der Waals surface area contributed by atoms with Crippen LogP contribution in [0.15, 0.2) is 28.7 Å². The number of anilines is 1. The second-order valence-corrected chi connectivity index (χ2v) is 4.06. The van der Waals surface area contributed by atoms with Crippen molar-refractivity contribution in [3.05, 3.63) is 30.2 Å². The number of nitrogens with zero attached hydrogens (tertiary/aromatic N) is 2. The summed E-state index contributed by atoms with van der Waals surface area (Å²) in [4.78, 5) is 0. The Morgan fingerprint density at radius 2 is 2.06 bits per heavy atom. The minimum atomic E-state index is 0.345. The van der Waals surface area contributed by atoms with Crippen LogP contribution in [-0.4, -0.2) is 15.3 Å². The van der Waals surface area contributed by atoms with Gasteiger partial charge in [-0.2, -0.15) is 12.6 Å². The van der Waals surface area contributed by atoms with Gasteiger partial charge in [-0.1, -0.05) is 0 Å². The van der Waals surface area contributed by atoms with Crippen molar-refractivity contribution in [2.75, 3.05) is 5.32 Å². The third-order valence-electron chi connectivity index (χ3n) is 2.12. The summed E-state index contributed by atoms with van der Waals surface area (Å²) in [7, 11) is 0. The van der Waals surface area contributed by atoms with Crippen molar-refractivity contribution in [3.63, 3.8) is 0 Å². The predicted octanol–water partition coefficient (Wildman–Crippen LogP) is 1.33. The highest BCUT2D eigenvalue weighted by Gasteiger charge is 2.07. The maximum absolute atomic E-state index is 5.38. The number of nitrogens with one attached hydrogen (secondary N) is 2. The highest BCUT2D eigenvalue weighted by Crippen LogP contribution is 2.20. The fourth-order valence-electron chi connectivity index (χ4n) is 1.30. The number of hydrazine groups is 1. The second-order valence-electron chi connectivity index (χ2n) is 3.33. The van der Waals surface area contributed by atoms with E-state index < -0.39 is 0 Å². The highest BCUT2D eigenvalue weighted by molar-refractivity contribution is 7.80. The van der Waals surface area contributed by atoms with E-state index in [1.165, 1.54) is 0 Å². The summed E-state index contributed by atoms with van der Waals surface area (Å²) in [5, 5.41) is 11.0. The molecule has 0 unspecified atom stereocenters. The van der Waals surface area contributed by atoms with Gasteiger partial charge in [-0.15, -0.1) is 10.2 Å². The van der Waals surface area contributed by atoms with Gasteiger partial charge in [-0.25, -0.2) is 5.84 Å². The Morgan fingerprint density at radius 3 is 2.61 bits per heavy atom. The molecule has 0 spiro atoms. The third-order valence-corrected chi connectivity index (χ3v) is 2.61. The standard InChI is InChI=1S/C10H11N5OS2/c11-13-10(18)12-7-3-1-6(2-4-7)9-15-14-8(5-17)16-9/h1-4,17H,5,11H2,(H2,12,13,18). The lowest BCUT2D eigenvalue weighted by Crippen LogP contribution is -2.34. The largest absolute Gasteiger partial charge is 0.420 e. The van der Waals surface area contributed by atoms with Crippen molar-refractivity contribution >= 4 is 35.6 Å². The molecule has 94 valence electrons. The first-order valence-electron chi connectivity index (χ1n) is 5.04. The van der Waals surface area contributed by atoms with Crippen molar-refractivity contribution in [3.8, 4) is 11.5 Å². The molecular formula is C10H11N5OS2. The third kappa shape index (κ3) is 2.97. The monoisotopic (exact) mass is 281 g/mol. The summed E-state index contributed by atoms with van der Waals surface area (Å²) in [5.41, 5.74) is 3.98. The molecule has 2 aromatic rings. The minimum Gasteiger partial charge on any atom is -0.420 e. The van der Waals surface area contributed by atoms with Crippen molar-refractivity contribution in [2.45, 2.75) is 5.75 Å². The van der Waals surface area contributed by atoms with Crippen LogP contribution in [0.4, 0.5) is 5.69 Å². The molecule has 0 aliphatic carbocycles. The van der Waals surface area contributed by atoms with Gasteiger partial charge in [-0.05, 0) is 36.5 Å². The van der Waals surface area contributed by atoms with Crippen LogP contribution >= 0.6 is 24.8 Å². The summed E-state index contributed by atoms with van der Waals surface area (Å²) < 4.78 is 5.38. The average Bonchev–Trinajstić information content (AvgIpc) is 2.88. The Bertz CT molecular complexity index is 539. The molecule has 0 aliphatic heterocycles. The zero-order chi connectivity index (χ0) is 13.0. The van der Waals surface area contributed by atoms with E-state index in [1.54, 1.807) is 0 Å². The zero-order valence-electron chi connectivity index (χ0n) is 9.25. The molecule has 0 saturated carbocycles. The predicted molar refractivity (Wildman–Crippen MR) is 76.0 cm³/mol. The SMILES string of the molecule is NNC(=S)Nc1ccc(-c2nnc(CS)o2)cc1. The van der Waals surface area contributed by atoms with E-state index in [0.717, 1.165) is 11.3 Å². The summed E-state index contributed by atoms with van der Waals surface area (Å²) in [6.07, 6.45) is 0. The first-order chi connectivity index (χ1) is 8.72. The molecule has 2 rings (SSSR count). The second kappa shape index (κ2) is 5.80. The number of benzene rings is 1. The van der Waals surface area contributed by atoms with E-state index in [-0.39, 0.29) is 0 Å². The highest BCUT2D eigenvalue weighted by atomic mass is 32.1. The normalized spacial score (nSPS) is 10.1. The number of nitrogens with two attached hydrogens (primary N) is 1. The van der Waals surface area contributed by atoms with Crippen LogP contribution in [0, 0.1) is 0 Å². The van der Waals surface area contributed by atoms with Crippen LogP contribution in [0.5, 0.6) is 0 Å². The maximum Gasteiger partial charge on any atom is 0.247 e. The summed E-state index contributed by atoms with van der Waals surface area (Å²) >= 11 is 8.95. The fourth-order valence-corrected chi connectivity index (χ4v) is 1.54. The van der Waals surface area contributed by atoms with Gasteiger partial charge in [-0.3, -0.25) is 0 Å². The van der Waals surface area contributed by atoms with E-state index in [1.807, 2.05) is 24.3 Å². The molecule has 0 aliphatic rings. The Balaban J connectivity index is 2.14. The van der Waals surface area contributed by atoms with Crippen molar-refractivity contribution in [2.24, 2.45) is 5.84 Å². The van der Waals surface area contributed by atoms with E-state index in [0.29, 0.717) is 22.6 Å². The molecule has 0 saturated heterocycles. The number of aromatic nitrogens is 2. The Labute approximate surface area is 114 Å². The first kappa shape index (κ1) is 12.8. The van der Waals surface area contributed by atoms with Gasteiger partial charge in [0.25, 0.3) is 0 Å². The zero-order valence-corrected chi connectivity index (χ0v) is 11.0. The van der Waals surface area contributed by atoms with Crippen molar-refractivity contribution in [1.82, 2.24) is 15.6 Å². The molecule has 0 atom stereocenters. The molecule has 0 amide bonds. The van der Waals surface area contributed by atoms with Gasteiger partial charge in [0, 0.05) is 11.3 Å². The molecule has 0 fully saturated rings. The molecular weight excluding hydrogens is 270 g/mol. The topological polar surface area (TPSA) is 89.0 Å². The van der Waals surface area contributed by atoms with Gasteiger partial charge in [0.2, 0.25) is 11.8 Å². The first-order valence-corrected chi connectivity index (χ1v) is 6.08. The molecule has 1 aromatic carbocycles. The van der Waals surface area contributed by atoms with Crippen LogP contribution in [0.3, 0.4) is 0 Å². The summed E-state index contributed by atoms with van der Waals surface area (Å²) in [5.74, 6) is 6.54. The van der Waals surface area contributed by atoms with Crippen LogP contribution in [0.2, 0.25) is 0 Å². The molecule has 18 heavy (non-hydrogen) atoms. The van der Waals surface area contributed by atoms with Gasteiger partial charge in [0.15, 0.2) is 5.11 Å². The lowest BCUT2D eigenvalue weighted by molar-refractivity contribution is 0.529. The molecule has 0 radical (unpaired) electrons. The van der Waals surface area contributed by atoms with E-state index in [4.69, 9.17) is 22.5 Å². The van der Waals surface area contributed by atoms with Crippen LogP contribution < -0.4 is 16.6 Å². The van der Waals surface area contributed by atoms with Crippen molar-refractivity contribution < 1.29 is 4.42 Å². The molecule has 6 nitrogen and oxygen atoms in total. The number of thiocarbonyl (C=S) groups is 1. The lowest BCUT2D eigenvalue weighted by atomic mass is 10.2. The smallest absolute Gasteiger partial charge is 0.247 e. The molecule has 1 aromatic heterocycles. The lowest BCUT2D eigenvalue weighted by Gasteiger charge is -2.06. The van der Waals surface area contributed by atoms with Gasteiger partial charge < -0.3 is 15.2 Å². The maximum atomic E-state index is 5.38. The van der Waals surface area contributed by atoms with E-state index in [9.17, 15) is 0 Å². The average molecular weight is 281 g/mol. The van der Waals surface area contributed by atoms with E-state index in [2.05, 4.69) is 33.6 Å². The Morgan fingerprint density at radius 1 is 1.33 bits per heavy atom. The van der Waals surface area contributed by atoms with Gasteiger partial charge in [0.05, 0.1) is 5.75 Å². The quantitative estimate of drug-likeness (QED) is 0.292. The summed E-state index contributed by atoms with van der Waals surface area (Å²) in [6, 6.07) is 7.36. The summed E-state index contributed by atoms with van der Waals surface area (Å²) in [6.45, 7) is 0. The van der Waals surface area contributed by atoms with E-state index >= 15 is 0 Å². The van der Waals surface area contributed by atoms with Gasteiger partial charge in [0.1, 0.15) is 0 Å². The number of thiol groups is 1. The van der Waals surface area contributed by atoms with Crippen LogP contribution in [0.25, 0.3) is 11.5 Å². The number of rotatable bonds is 3. The molecule has 8 heteroatoms. The molecule has 0 bridgehead atoms. The fraction of sp³-hybridized carbons (Fsp3) is 0.100. The molecule has 1 heterocycles. The Kier molecular flexibility index (Phi) is 4.13. The Hall–Kier alpha value is -1.64. The van der Waals surface area contributed by atoms with Gasteiger partial charge >= 0.3 is 0 Å². The van der Waals surface area contributed by atoms with Crippen LogP contribution in [0.1, 0.15) is 5.89 Å². The molecule has 4 N–H and O–H groups in total. The minimum absolute atomic E-state index is 0.345. The number of hydrogen-bond acceptors (Lipinski definition) is 6. The van der Waals surface area contributed by atoms with Crippen molar-refractivity contribution in [1.29, 1.82) is 0 Å². The van der Waals surface area contributed by atoms with Crippen LogP contribution in [-0.2, 0) is 5.75 Å².